The summed E-state index contributed by atoms with van der Waals surface area (Å²) in [5.74, 6) is 1.01. The summed E-state index contributed by atoms with van der Waals surface area (Å²) < 4.78 is 22.7. The minimum absolute atomic E-state index is 0.0492. The van der Waals surface area contributed by atoms with Crippen molar-refractivity contribution in [2.24, 2.45) is 7.05 Å². The van der Waals surface area contributed by atoms with Crippen LogP contribution < -0.4 is 5.32 Å². The van der Waals surface area contributed by atoms with Crippen molar-refractivity contribution in [1.82, 2.24) is 19.3 Å². The van der Waals surface area contributed by atoms with Crippen molar-refractivity contribution in [2.45, 2.75) is 25.9 Å². The molecule has 1 aromatic carbocycles. The van der Waals surface area contributed by atoms with Crippen LogP contribution in [0.1, 0.15) is 22.6 Å². The molecule has 3 heterocycles. The second-order valence-corrected chi connectivity index (χ2v) is 8.40. The van der Waals surface area contributed by atoms with E-state index in [1.807, 2.05) is 27.0 Å². The molecule has 0 radical (unpaired) electrons. The third kappa shape index (κ3) is 4.15. The normalized spacial score (nSPS) is 10.9. The van der Waals surface area contributed by atoms with Crippen LogP contribution in [0.4, 0.5) is 10.2 Å². The molecule has 4 aromatic rings. The van der Waals surface area contributed by atoms with Gasteiger partial charge in [-0.3, -0.25) is 9.36 Å². The molecule has 0 spiro atoms. The van der Waals surface area contributed by atoms with Gasteiger partial charge < -0.3 is 14.3 Å². The summed E-state index contributed by atoms with van der Waals surface area (Å²) >= 11 is 1.22. The summed E-state index contributed by atoms with van der Waals surface area (Å²) in [7, 11) is 1.82. The smallest absolute Gasteiger partial charge is 0.236 e. The average molecular weight is 465 g/mol. The predicted octanol–water partition coefficient (Wildman–Crippen LogP) is 4.53. The lowest BCUT2D eigenvalue weighted by molar-refractivity contribution is -0.113. The zero-order valence-electron chi connectivity index (χ0n) is 18.5. The first kappa shape index (κ1) is 22.4. The van der Waals surface area contributed by atoms with E-state index in [0.717, 1.165) is 22.6 Å². The number of amides is 1. The van der Waals surface area contributed by atoms with Gasteiger partial charge in [-0.2, -0.15) is 5.26 Å². The highest BCUT2D eigenvalue weighted by molar-refractivity contribution is 7.99. The van der Waals surface area contributed by atoms with Gasteiger partial charge in [0.05, 0.1) is 28.8 Å². The zero-order valence-corrected chi connectivity index (χ0v) is 19.3. The van der Waals surface area contributed by atoms with Crippen LogP contribution >= 0.6 is 11.8 Å². The number of hydrogen-bond acceptors (Lipinski definition) is 6. The fourth-order valence-electron chi connectivity index (χ4n) is 3.59. The number of anilines is 1. The minimum atomic E-state index is -0.407. The molecule has 0 saturated heterocycles. The third-order valence-corrected chi connectivity index (χ3v) is 6.44. The highest BCUT2D eigenvalue weighted by atomic mass is 32.2. The fraction of sp³-hybridized carbons (Fsp3) is 0.217. The lowest BCUT2D eigenvalue weighted by atomic mass is 10.2. The lowest BCUT2D eigenvalue weighted by Gasteiger charge is -2.13. The first-order valence-electron chi connectivity index (χ1n) is 10.1. The van der Waals surface area contributed by atoms with Crippen molar-refractivity contribution in [3.63, 3.8) is 0 Å². The van der Waals surface area contributed by atoms with Crippen LogP contribution in [-0.2, 0) is 11.8 Å². The highest BCUT2D eigenvalue weighted by Gasteiger charge is 2.22. The number of benzene rings is 1. The monoisotopic (exact) mass is 464 g/mol. The molecule has 33 heavy (non-hydrogen) atoms. The zero-order chi connectivity index (χ0) is 23.7. The number of carbonyl (C=O) groups is 1. The van der Waals surface area contributed by atoms with E-state index in [-0.39, 0.29) is 11.7 Å². The number of aryl methyl sites for hydroxylation is 1. The third-order valence-electron chi connectivity index (χ3n) is 5.42. The maximum Gasteiger partial charge on any atom is 0.236 e. The molecule has 0 saturated carbocycles. The van der Waals surface area contributed by atoms with E-state index in [1.54, 1.807) is 34.5 Å². The number of halogens is 1. The maximum atomic E-state index is 13.9. The summed E-state index contributed by atoms with van der Waals surface area (Å²) in [6, 6.07) is 9.97. The Balaban J connectivity index is 1.56. The van der Waals surface area contributed by atoms with Gasteiger partial charge in [-0.1, -0.05) is 17.8 Å². The largest absolute Gasteiger partial charge is 0.469 e. The van der Waals surface area contributed by atoms with Gasteiger partial charge in [-0.15, -0.1) is 10.2 Å². The number of furan rings is 1. The Morgan fingerprint density at radius 3 is 2.73 bits per heavy atom. The molecule has 0 aliphatic heterocycles. The highest BCUT2D eigenvalue weighted by Crippen LogP contribution is 2.31. The van der Waals surface area contributed by atoms with E-state index in [1.165, 1.54) is 23.9 Å². The van der Waals surface area contributed by atoms with Crippen molar-refractivity contribution in [2.75, 3.05) is 11.1 Å². The van der Waals surface area contributed by atoms with Gasteiger partial charge in [0.15, 0.2) is 11.0 Å². The number of rotatable bonds is 6. The fourth-order valence-corrected chi connectivity index (χ4v) is 4.30. The van der Waals surface area contributed by atoms with Crippen LogP contribution in [-0.4, -0.2) is 31.0 Å². The van der Waals surface area contributed by atoms with Gasteiger partial charge in [0.2, 0.25) is 5.91 Å². The number of hydrogen-bond donors (Lipinski definition) is 1. The number of thioether (sulfide) groups is 1. The van der Waals surface area contributed by atoms with Crippen LogP contribution in [0.3, 0.4) is 0 Å². The Hall–Kier alpha value is -3.84. The van der Waals surface area contributed by atoms with Crippen molar-refractivity contribution in [1.29, 1.82) is 5.26 Å². The first-order valence-corrected chi connectivity index (χ1v) is 11.0. The molecular weight excluding hydrogens is 443 g/mol. The molecule has 168 valence electrons. The Bertz CT molecular complexity index is 1390. The predicted molar refractivity (Wildman–Crippen MR) is 123 cm³/mol. The second kappa shape index (κ2) is 8.96. The van der Waals surface area contributed by atoms with Crippen molar-refractivity contribution in [3.8, 4) is 23.1 Å². The van der Waals surface area contributed by atoms with Crippen molar-refractivity contribution >= 4 is 23.5 Å². The summed E-state index contributed by atoms with van der Waals surface area (Å²) in [5.41, 5.74) is 3.16. The second-order valence-electron chi connectivity index (χ2n) is 7.45. The van der Waals surface area contributed by atoms with Crippen LogP contribution in [0.5, 0.6) is 0 Å². The lowest BCUT2D eigenvalue weighted by Crippen LogP contribution is -2.18. The molecule has 0 aliphatic carbocycles. The van der Waals surface area contributed by atoms with Crippen molar-refractivity contribution < 1.29 is 13.6 Å². The standard InChI is InChI=1S/C23H21FN6O2S/c1-13-14(2)30(17-7-5-6-16(24)10-17)21(19(13)11-25)26-20(31)12-33-23-28-27-22(29(23)4)18-8-9-32-15(18)3/h5-10H,12H2,1-4H3,(H,26,31). The molecule has 1 N–H and O–H groups in total. The first-order chi connectivity index (χ1) is 15.8. The van der Waals surface area contributed by atoms with Gasteiger partial charge in [-0.05, 0) is 50.6 Å². The van der Waals surface area contributed by atoms with E-state index in [0.29, 0.717) is 28.0 Å². The van der Waals surface area contributed by atoms with E-state index in [2.05, 4.69) is 21.6 Å². The van der Waals surface area contributed by atoms with Gasteiger partial charge >= 0.3 is 0 Å². The molecule has 3 aromatic heterocycles. The van der Waals surface area contributed by atoms with E-state index < -0.39 is 5.82 Å². The molecule has 10 heteroatoms. The van der Waals surface area contributed by atoms with Gasteiger partial charge in [0.25, 0.3) is 0 Å². The Morgan fingerprint density at radius 1 is 1.27 bits per heavy atom. The molecule has 0 aliphatic rings. The Labute approximate surface area is 194 Å². The van der Waals surface area contributed by atoms with Crippen LogP contribution in [0, 0.1) is 37.9 Å². The number of nitrogens with one attached hydrogen (secondary N) is 1. The molecule has 0 fully saturated rings. The SMILES string of the molecule is Cc1occc1-c1nnc(SCC(=O)Nc2c(C#N)c(C)c(C)n2-c2cccc(F)c2)n1C. The maximum absolute atomic E-state index is 13.9. The number of nitriles is 1. The van der Waals surface area contributed by atoms with Crippen LogP contribution in [0.2, 0.25) is 0 Å². The van der Waals surface area contributed by atoms with E-state index in [9.17, 15) is 14.4 Å². The van der Waals surface area contributed by atoms with Crippen molar-refractivity contribution in [3.05, 3.63) is 65.0 Å². The quantitative estimate of drug-likeness (QED) is 0.421. The van der Waals surface area contributed by atoms with Crippen LogP contribution in [0.15, 0.2) is 46.2 Å². The summed E-state index contributed by atoms with van der Waals surface area (Å²) in [6.45, 7) is 5.46. The average Bonchev–Trinajstić information content (AvgIpc) is 3.43. The topological polar surface area (TPSA) is 102 Å². The van der Waals surface area contributed by atoms with Gasteiger partial charge in [0, 0.05) is 12.7 Å². The number of aromatic nitrogens is 4. The Kier molecular flexibility index (Phi) is 6.07. The number of nitrogens with zero attached hydrogens (tertiary/aromatic N) is 5. The summed E-state index contributed by atoms with van der Waals surface area (Å²) in [6.07, 6.45) is 1.59. The molecule has 0 unspecified atom stereocenters. The number of carbonyl (C=O) groups excluding carboxylic acids is 1. The molecule has 4 rings (SSSR count). The molecule has 1 amide bonds. The van der Waals surface area contributed by atoms with E-state index in [4.69, 9.17) is 4.42 Å². The van der Waals surface area contributed by atoms with E-state index >= 15 is 0 Å². The van der Waals surface area contributed by atoms with Gasteiger partial charge in [-0.25, -0.2) is 4.39 Å². The molecule has 0 bridgehead atoms. The molecule has 0 atom stereocenters. The summed E-state index contributed by atoms with van der Waals surface area (Å²) in [4.78, 5) is 12.8. The summed E-state index contributed by atoms with van der Waals surface area (Å²) in [5, 5.41) is 21.5. The van der Waals surface area contributed by atoms with Crippen LogP contribution in [0.25, 0.3) is 17.1 Å². The molecule has 8 nitrogen and oxygen atoms in total. The molecular formula is C23H21FN6O2S. The Morgan fingerprint density at radius 2 is 2.06 bits per heavy atom. The minimum Gasteiger partial charge on any atom is -0.469 e. The van der Waals surface area contributed by atoms with Gasteiger partial charge in [0.1, 0.15) is 23.5 Å².